The second-order valence-electron chi connectivity index (χ2n) is 10.8. The quantitative estimate of drug-likeness (QED) is 0.173. The molecule has 0 saturated heterocycles. The highest BCUT2D eigenvalue weighted by Crippen LogP contribution is 2.21. The lowest BCUT2D eigenvalue weighted by atomic mass is 10.00. The molecule has 0 unspecified atom stereocenters. The average Bonchev–Trinajstić information content (AvgIpc) is 3.40. The molecule has 1 heterocycles. The Labute approximate surface area is 256 Å². The number of hydrogen-bond acceptors (Lipinski definition) is 7. The van der Waals surface area contributed by atoms with E-state index in [0.717, 1.165) is 33.0 Å². The molecule has 9 heteroatoms. The summed E-state index contributed by atoms with van der Waals surface area (Å²) in [5.74, 6) is -0.446. The molecule has 0 bridgehead atoms. The monoisotopic (exact) mass is 598 g/mol. The van der Waals surface area contributed by atoms with Gasteiger partial charge in [-0.05, 0) is 73.4 Å². The summed E-state index contributed by atoms with van der Waals surface area (Å²) in [5, 5.41) is 30.3. The van der Waals surface area contributed by atoms with Crippen LogP contribution in [-0.2, 0) is 19.5 Å². The first-order valence-corrected chi connectivity index (χ1v) is 15.0. The van der Waals surface area contributed by atoms with Gasteiger partial charge in [-0.25, -0.2) is 4.98 Å². The number of aryl methyl sites for hydroxylation is 1. The molecule has 4 aromatic rings. The van der Waals surface area contributed by atoms with Gasteiger partial charge in [-0.1, -0.05) is 48.6 Å². The first kappa shape index (κ1) is 31.6. The number of benzene rings is 3. The van der Waals surface area contributed by atoms with Gasteiger partial charge in [0.05, 0.1) is 18.7 Å². The summed E-state index contributed by atoms with van der Waals surface area (Å²) in [7, 11) is 1.71. The van der Waals surface area contributed by atoms with Gasteiger partial charge in [0.25, 0.3) is 11.8 Å². The van der Waals surface area contributed by atoms with Crippen molar-refractivity contribution in [1.82, 2.24) is 20.5 Å². The molecule has 4 N–H and O–H groups in total. The lowest BCUT2D eigenvalue weighted by molar-refractivity contribution is 0.0784. The Hall–Kier alpha value is -4.31. The highest BCUT2D eigenvalue weighted by atomic mass is 32.1. The maximum atomic E-state index is 13.4. The summed E-state index contributed by atoms with van der Waals surface area (Å²) in [6.07, 6.45) is -0.504. The van der Waals surface area contributed by atoms with Gasteiger partial charge in [-0.3, -0.25) is 9.59 Å². The Morgan fingerprint density at radius 1 is 1.00 bits per heavy atom. The van der Waals surface area contributed by atoms with E-state index in [0.29, 0.717) is 30.6 Å². The van der Waals surface area contributed by atoms with Crippen molar-refractivity contribution < 1.29 is 19.8 Å². The summed E-state index contributed by atoms with van der Waals surface area (Å²) in [6.45, 7) is 8.72. The molecule has 0 fully saturated rings. The third-order valence-corrected chi connectivity index (χ3v) is 7.94. The van der Waals surface area contributed by atoms with E-state index in [1.165, 1.54) is 11.3 Å². The van der Waals surface area contributed by atoms with Crippen LogP contribution in [0.2, 0.25) is 0 Å². The van der Waals surface area contributed by atoms with Crippen LogP contribution in [0.3, 0.4) is 0 Å². The van der Waals surface area contributed by atoms with Crippen LogP contribution in [0.1, 0.15) is 55.0 Å². The molecule has 3 aromatic carbocycles. The van der Waals surface area contributed by atoms with Crippen LogP contribution in [0.4, 0.5) is 0 Å². The van der Waals surface area contributed by atoms with Crippen molar-refractivity contribution in [3.63, 3.8) is 0 Å². The fraction of sp³-hybridized carbons (Fsp3) is 0.265. The molecule has 1 aromatic heterocycles. The number of rotatable bonds is 13. The first-order chi connectivity index (χ1) is 20.6. The highest BCUT2D eigenvalue weighted by molar-refractivity contribution is 7.09. The molecule has 2 atom stereocenters. The van der Waals surface area contributed by atoms with E-state index in [9.17, 15) is 19.8 Å². The van der Waals surface area contributed by atoms with Gasteiger partial charge in [0, 0.05) is 42.3 Å². The number of thiazole rings is 1. The number of hydrogen-bond donors (Lipinski definition) is 4. The van der Waals surface area contributed by atoms with Crippen molar-refractivity contribution in [2.45, 2.75) is 45.5 Å². The minimum atomic E-state index is -0.917. The molecule has 0 radical (unpaired) electrons. The fourth-order valence-corrected chi connectivity index (χ4v) is 5.52. The minimum Gasteiger partial charge on any atom is -0.508 e. The van der Waals surface area contributed by atoms with E-state index >= 15 is 0 Å². The number of nitrogens with one attached hydrogen (secondary N) is 2. The third kappa shape index (κ3) is 9.09. The fourth-order valence-electron chi connectivity index (χ4n) is 4.70. The number of carbonyl (C=O) groups excluding carboxylic acids is 2. The zero-order chi connectivity index (χ0) is 30.9. The number of aromatic hydroxyl groups is 1. The maximum Gasteiger partial charge on any atom is 0.253 e. The van der Waals surface area contributed by atoms with Gasteiger partial charge in [0.1, 0.15) is 10.8 Å². The van der Waals surface area contributed by atoms with Crippen LogP contribution >= 0.6 is 11.3 Å². The first-order valence-electron chi connectivity index (χ1n) is 14.1. The molecule has 2 amide bonds. The second-order valence-corrected chi connectivity index (χ2v) is 11.7. The van der Waals surface area contributed by atoms with Crippen LogP contribution in [-0.4, -0.2) is 57.6 Å². The number of amides is 2. The van der Waals surface area contributed by atoms with Gasteiger partial charge >= 0.3 is 0 Å². The molecule has 0 saturated carbocycles. The maximum absolute atomic E-state index is 13.4. The number of aromatic nitrogens is 1. The van der Waals surface area contributed by atoms with E-state index in [1.807, 2.05) is 55.6 Å². The van der Waals surface area contributed by atoms with Crippen LogP contribution in [0, 0.1) is 6.92 Å². The third-order valence-electron chi connectivity index (χ3n) is 6.99. The van der Waals surface area contributed by atoms with Gasteiger partial charge in [0.15, 0.2) is 0 Å². The van der Waals surface area contributed by atoms with E-state index in [2.05, 4.69) is 22.2 Å². The predicted molar refractivity (Wildman–Crippen MR) is 171 cm³/mol. The number of phenolic OH excluding ortho intramolecular Hbond substituents is 1. The second kappa shape index (κ2) is 14.7. The van der Waals surface area contributed by atoms with Crippen molar-refractivity contribution in [1.29, 1.82) is 0 Å². The number of aliphatic hydroxyl groups is 1. The molecule has 4 rings (SSSR count). The summed E-state index contributed by atoms with van der Waals surface area (Å²) in [5.41, 5.74) is 5.14. The van der Waals surface area contributed by atoms with Crippen LogP contribution in [0.5, 0.6) is 5.75 Å². The lowest BCUT2D eigenvalue weighted by Gasteiger charge is -2.25. The Bertz CT molecular complexity index is 1570. The minimum absolute atomic E-state index is 0.150. The molecule has 43 heavy (non-hydrogen) atoms. The van der Waals surface area contributed by atoms with Crippen molar-refractivity contribution >= 4 is 28.7 Å². The number of carbonyl (C=O) groups is 2. The normalized spacial score (nSPS) is 12.4. The van der Waals surface area contributed by atoms with Crippen molar-refractivity contribution in [2.24, 2.45) is 0 Å². The summed E-state index contributed by atoms with van der Waals surface area (Å²) in [6, 6.07) is 20.9. The lowest BCUT2D eigenvalue weighted by Crippen LogP contribution is -2.48. The molecule has 224 valence electrons. The van der Waals surface area contributed by atoms with Crippen molar-refractivity contribution in [3.05, 3.63) is 123 Å². The summed E-state index contributed by atoms with van der Waals surface area (Å²) in [4.78, 5) is 32.5. The van der Waals surface area contributed by atoms with Gasteiger partial charge in [0.2, 0.25) is 0 Å². The predicted octanol–water partition coefficient (Wildman–Crippen LogP) is 4.95. The van der Waals surface area contributed by atoms with Crippen molar-refractivity contribution in [2.75, 3.05) is 13.6 Å². The van der Waals surface area contributed by atoms with Gasteiger partial charge in [-0.2, -0.15) is 0 Å². The van der Waals surface area contributed by atoms with E-state index in [-0.39, 0.29) is 24.1 Å². The molecule has 0 spiro atoms. The number of aliphatic hydroxyl groups excluding tert-OH is 1. The highest BCUT2D eigenvalue weighted by Gasteiger charge is 2.23. The Balaban J connectivity index is 1.43. The number of nitrogens with zero attached hydrogens (tertiary/aromatic N) is 2. The molecule has 0 aliphatic carbocycles. The Kier molecular flexibility index (Phi) is 10.8. The van der Waals surface area contributed by atoms with Gasteiger partial charge in [-0.15, -0.1) is 11.3 Å². The number of allylic oxidation sites excluding steroid dienone is 1. The van der Waals surface area contributed by atoms with Crippen LogP contribution in [0.15, 0.2) is 84.8 Å². The molecular weight excluding hydrogens is 560 g/mol. The van der Waals surface area contributed by atoms with Crippen molar-refractivity contribution in [3.8, 4) is 5.75 Å². The Morgan fingerprint density at radius 3 is 2.44 bits per heavy atom. The largest absolute Gasteiger partial charge is 0.508 e. The van der Waals surface area contributed by atoms with Gasteiger partial charge < -0.3 is 25.7 Å². The zero-order valence-electron chi connectivity index (χ0n) is 24.7. The topological polar surface area (TPSA) is 115 Å². The molecule has 8 nitrogen and oxygen atoms in total. The van der Waals surface area contributed by atoms with E-state index in [4.69, 9.17) is 0 Å². The van der Waals surface area contributed by atoms with E-state index in [1.54, 1.807) is 48.3 Å². The smallest absolute Gasteiger partial charge is 0.253 e. The zero-order valence-corrected chi connectivity index (χ0v) is 25.5. The average molecular weight is 599 g/mol. The standard InChI is InChI=1S/C34H38N4O4S/c1-22(2)28-13-25(14-29(39)17-28)18-35-19-31(40)30(15-24-9-6-5-7-10-24)37-33(41)26-11-8-12-27(16-26)34(42)38(4)20-32-36-23(3)21-43-32/h5-14,16-17,21,30-31,35,39-40H,1,15,18-20H2,2-4H3,(H,37,41)/t30-,31+/m0/s1. The molecule has 0 aliphatic rings. The number of phenols is 1. The molecule has 0 aliphatic heterocycles. The van der Waals surface area contributed by atoms with E-state index < -0.39 is 12.1 Å². The summed E-state index contributed by atoms with van der Waals surface area (Å²) >= 11 is 1.50. The molecular formula is C34H38N4O4S. The SMILES string of the molecule is C=C(C)c1cc(O)cc(CNC[C@@H](O)[C@H](Cc2ccccc2)NC(=O)c2cccc(C(=O)N(C)Cc3nc(C)cs3)c2)c1. The summed E-state index contributed by atoms with van der Waals surface area (Å²) < 4.78 is 0. The van der Waals surface area contributed by atoms with Crippen LogP contribution < -0.4 is 10.6 Å². The Morgan fingerprint density at radius 2 is 1.74 bits per heavy atom. The van der Waals surface area contributed by atoms with Crippen LogP contribution in [0.25, 0.3) is 5.57 Å².